The van der Waals surface area contributed by atoms with Crippen molar-refractivity contribution in [1.29, 1.82) is 0 Å². The van der Waals surface area contributed by atoms with Gasteiger partial charge in [0.15, 0.2) is 0 Å². The molecule has 0 aliphatic rings. The zero-order chi connectivity index (χ0) is 86.1. The third-order valence-electron chi connectivity index (χ3n) is 19.6. The maximum atomic E-state index is 4.54. The zero-order valence-electron chi connectivity index (χ0n) is 71.7. The van der Waals surface area contributed by atoms with Gasteiger partial charge in [0.1, 0.15) is 0 Å². The van der Waals surface area contributed by atoms with Gasteiger partial charge in [0.2, 0.25) is 0 Å². The Morgan fingerprint density at radius 2 is 0.403 bits per heavy atom. The van der Waals surface area contributed by atoms with Crippen molar-refractivity contribution in [2.45, 2.75) is 34.6 Å². The molecule has 0 atom stereocenters. The number of aryl methyl sites for hydroxylation is 5. The topological polar surface area (TPSA) is 103 Å². The van der Waals surface area contributed by atoms with Gasteiger partial charge < -0.3 is 39.9 Å². The van der Waals surface area contributed by atoms with Gasteiger partial charge in [0, 0.05) is 129 Å². The van der Waals surface area contributed by atoms with E-state index in [2.05, 4.69) is 243 Å². The number of pyridine rings is 8. The van der Waals surface area contributed by atoms with Gasteiger partial charge in [0.05, 0.1) is 0 Å². The second-order valence-electron chi connectivity index (χ2n) is 28.5. The molecule has 642 valence electrons. The first-order valence-electron chi connectivity index (χ1n) is 41.2. The summed E-state index contributed by atoms with van der Waals surface area (Å²) in [7, 11) is 0. The minimum atomic E-state index is 0. The maximum Gasteiger partial charge on any atom is 0.0266 e. The average molecular weight is 2380 g/mol. The van der Waals surface area contributed by atoms with Crippen molar-refractivity contribution in [1.82, 2.24) is 39.9 Å². The van der Waals surface area contributed by atoms with Crippen LogP contribution >= 0.6 is 0 Å². The van der Waals surface area contributed by atoms with Crippen molar-refractivity contribution in [2.24, 2.45) is 0 Å². The summed E-state index contributed by atoms with van der Waals surface area (Å²) in [5, 5.41) is 0. The van der Waals surface area contributed by atoms with Crippen LogP contribution in [-0.4, -0.2) is 39.9 Å². The molecule has 0 unspecified atom stereocenters. The van der Waals surface area contributed by atoms with Crippen LogP contribution in [0, 0.1) is 83.1 Å². The quantitative estimate of drug-likeness (QED) is 0.111. The monoisotopic (exact) mass is 2380 g/mol. The number of hydrogen-bond donors (Lipinski definition) is 0. The van der Waals surface area contributed by atoms with Crippen LogP contribution in [0.5, 0.6) is 0 Å². The molecule has 12 heteroatoms. The van der Waals surface area contributed by atoms with E-state index in [4.69, 9.17) is 0 Å². The number of benzene rings is 12. The molecule has 20 rings (SSSR count). The zero-order valence-corrected chi connectivity index (χ0v) is 81.3. The summed E-state index contributed by atoms with van der Waals surface area (Å²) in [5.74, 6) is 0. The molecule has 0 N–H and O–H groups in total. The molecule has 129 heavy (non-hydrogen) atoms. The fraction of sp³-hybridized carbons (Fsp3) is 0.0427. The SMILES string of the molecule is Cc1cccc(-c2[c-]cccc2)n1.Cc1ccccc1-c1ccc(-c2[c-]cccc2)nc1.Cc1ccccc1-c1ccc(-c2[c-]cccc2)nc1.Cc1ccccc1-c1ccc(-c2[c-]cccc2)nc1.Cc1ccccc1-c1ccnc(-c2[c-]cccc2)c1.[Ir].[Ir].[Ir].[Ir].[c-]1ccccc1-c1ccccn1.[c-]1ccccc1-c1ccccn1.[c-]1ccccc1-c1ccccn1. The van der Waals surface area contributed by atoms with Gasteiger partial charge in [-0.3, -0.25) is 0 Å². The van der Waals surface area contributed by atoms with Gasteiger partial charge in [0.25, 0.3) is 0 Å². The number of rotatable bonds is 12. The van der Waals surface area contributed by atoms with Crippen molar-refractivity contribution >= 4 is 0 Å². The fourth-order valence-corrected chi connectivity index (χ4v) is 13.2. The Bertz CT molecular complexity index is 5930. The molecule has 0 bridgehead atoms. The molecule has 8 nitrogen and oxygen atoms in total. The van der Waals surface area contributed by atoms with Crippen molar-refractivity contribution in [3.63, 3.8) is 0 Å². The molecule has 0 saturated carbocycles. The van der Waals surface area contributed by atoms with Crippen LogP contribution in [0.2, 0.25) is 0 Å². The van der Waals surface area contributed by atoms with E-state index in [1.54, 1.807) is 18.6 Å². The predicted octanol–water partition coefficient (Wildman–Crippen LogP) is 28.6. The smallest absolute Gasteiger partial charge is 0.0266 e. The average Bonchev–Trinajstić information content (AvgIpc) is 0.834. The normalized spacial score (nSPS) is 9.81. The summed E-state index contributed by atoms with van der Waals surface area (Å²) in [6.45, 7) is 10.5. The molecule has 20 aromatic rings. The molecule has 4 radical (unpaired) electrons. The van der Waals surface area contributed by atoms with E-state index in [1.165, 1.54) is 50.1 Å². The summed E-state index contributed by atoms with van der Waals surface area (Å²) < 4.78 is 0. The molecule has 0 saturated heterocycles. The van der Waals surface area contributed by atoms with Crippen molar-refractivity contribution in [3.05, 3.63) is 532 Å². The summed E-state index contributed by atoms with van der Waals surface area (Å²) in [4.78, 5) is 35.1. The molecule has 0 spiro atoms. The van der Waals surface area contributed by atoms with E-state index in [0.29, 0.717) is 0 Å². The third-order valence-corrected chi connectivity index (χ3v) is 19.6. The summed E-state index contributed by atoms with van der Waals surface area (Å²) >= 11 is 0. The van der Waals surface area contributed by atoms with Crippen LogP contribution in [-0.2, 0) is 80.4 Å². The molecular formula is C117H90Ir4N8-8. The van der Waals surface area contributed by atoms with Gasteiger partial charge in [-0.2, -0.15) is 0 Å². The molecule has 0 aliphatic carbocycles. The first kappa shape index (κ1) is 99.2. The minimum absolute atomic E-state index is 0. The van der Waals surface area contributed by atoms with Gasteiger partial charge in [-0.15, -0.1) is 287 Å². The van der Waals surface area contributed by atoms with E-state index in [1.807, 2.05) is 317 Å². The van der Waals surface area contributed by atoms with Crippen LogP contribution < -0.4 is 0 Å². The van der Waals surface area contributed by atoms with Crippen LogP contribution in [0.25, 0.3) is 135 Å². The van der Waals surface area contributed by atoms with Crippen LogP contribution in [0.1, 0.15) is 27.9 Å². The van der Waals surface area contributed by atoms with E-state index in [-0.39, 0.29) is 80.4 Å². The Kier molecular flexibility index (Phi) is 41.9. The predicted molar refractivity (Wildman–Crippen MR) is 514 cm³/mol. The third kappa shape index (κ3) is 30.9. The van der Waals surface area contributed by atoms with Gasteiger partial charge in [-0.1, -0.05) is 188 Å². The van der Waals surface area contributed by atoms with Gasteiger partial charge in [-0.25, -0.2) is 0 Å². The summed E-state index contributed by atoms with van der Waals surface area (Å²) in [6.07, 6.45) is 13.0. The summed E-state index contributed by atoms with van der Waals surface area (Å²) in [5.41, 5.74) is 31.7. The van der Waals surface area contributed by atoms with E-state index >= 15 is 0 Å². The Hall–Kier alpha value is -13.6. The second-order valence-corrected chi connectivity index (χ2v) is 28.5. The molecule has 12 aromatic carbocycles. The van der Waals surface area contributed by atoms with Crippen molar-refractivity contribution in [3.8, 4) is 135 Å². The van der Waals surface area contributed by atoms with Crippen LogP contribution in [0.3, 0.4) is 0 Å². The fourth-order valence-electron chi connectivity index (χ4n) is 13.2. The number of nitrogens with zero attached hydrogens (tertiary/aromatic N) is 8. The Balaban J connectivity index is 0.000000167. The van der Waals surface area contributed by atoms with Gasteiger partial charge >= 0.3 is 0 Å². The molecule has 8 aromatic heterocycles. The first-order chi connectivity index (χ1) is 61.6. The number of hydrogen-bond acceptors (Lipinski definition) is 8. The standard InChI is InChI=1S/4C18H14N.C12H10N.3C11H8N.4Ir/c1-14-7-5-6-10-17(14)16-11-12-19-18(13-16)15-8-3-2-4-9-15;3*1-14-7-5-6-10-17(14)16-11-12-18(19-13-16)15-8-3-2-4-9-15;1-10-6-5-9-12(13-10)11-7-3-2-4-8-11;3*1-2-6-10(7-3-1)11-8-4-5-9-12-11;;;;/h4*2-8,10-13H,1H3;2-7,9H,1H3;3*1-6,8-9H;;;;/q8*-1;;;;. The largest absolute Gasteiger partial charge is 0.305 e. The maximum absolute atomic E-state index is 4.54. The van der Waals surface area contributed by atoms with E-state index < -0.39 is 0 Å². The Morgan fingerprint density at radius 1 is 0.171 bits per heavy atom. The minimum Gasteiger partial charge on any atom is -0.305 e. The molecule has 0 fully saturated rings. The second kappa shape index (κ2) is 54.5. The van der Waals surface area contributed by atoms with Crippen molar-refractivity contribution in [2.75, 3.05) is 0 Å². The van der Waals surface area contributed by atoms with E-state index in [9.17, 15) is 0 Å². The Labute approximate surface area is 814 Å². The molecular weight excluding hydrogens is 2290 g/mol. The Morgan fingerprint density at radius 3 is 0.643 bits per heavy atom. The van der Waals surface area contributed by atoms with Gasteiger partial charge in [-0.05, 0) is 177 Å². The van der Waals surface area contributed by atoms with Crippen LogP contribution in [0.15, 0.2) is 456 Å². The molecule has 8 heterocycles. The molecule has 0 aliphatic heterocycles. The molecule has 0 amide bonds. The first-order valence-corrected chi connectivity index (χ1v) is 41.2. The van der Waals surface area contributed by atoms with Crippen LogP contribution in [0.4, 0.5) is 0 Å². The van der Waals surface area contributed by atoms with E-state index in [0.717, 1.165) is 112 Å². The summed E-state index contributed by atoms with van der Waals surface area (Å²) in [6, 6.07) is 162. The van der Waals surface area contributed by atoms with Crippen molar-refractivity contribution < 1.29 is 80.4 Å². The number of aromatic nitrogens is 8.